The highest BCUT2D eigenvalue weighted by molar-refractivity contribution is 9.10. The summed E-state index contributed by atoms with van der Waals surface area (Å²) in [7, 11) is -2.03. The topological polar surface area (TPSA) is 102 Å². The molecular formula is C18H20BrN3O6S. The lowest BCUT2D eigenvalue weighted by Crippen LogP contribution is -2.62. The van der Waals surface area contributed by atoms with Crippen molar-refractivity contribution in [2.24, 2.45) is 0 Å². The zero-order chi connectivity index (χ0) is 20.6. The SMILES string of the molecule is COc1cc(Br)ccc1N1C(=O)CO[C@@H]2CN(S(=O)(=O)Cc3ccon3)CC[C@H]21. The lowest BCUT2D eigenvalue weighted by molar-refractivity contribution is -0.134. The van der Waals surface area contributed by atoms with Crippen LogP contribution >= 0.6 is 15.9 Å². The van der Waals surface area contributed by atoms with Gasteiger partial charge in [-0.25, -0.2) is 8.42 Å². The zero-order valence-electron chi connectivity index (χ0n) is 15.7. The number of benzene rings is 1. The minimum Gasteiger partial charge on any atom is -0.495 e. The maximum atomic E-state index is 12.8. The molecule has 0 spiro atoms. The molecule has 29 heavy (non-hydrogen) atoms. The molecule has 2 aliphatic heterocycles. The van der Waals surface area contributed by atoms with Gasteiger partial charge in [-0.1, -0.05) is 21.1 Å². The van der Waals surface area contributed by atoms with E-state index in [1.54, 1.807) is 18.1 Å². The highest BCUT2D eigenvalue weighted by Crippen LogP contribution is 2.37. The van der Waals surface area contributed by atoms with E-state index in [0.29, 0.717) is 23.6 Å². The second-order valence-corrected chi connectivity index (χ2v) is 9.77. The van der Waals surface area contributed by atoms with Gasteiger partial charge in [0, 0.05) is 23.6 Å². The minimum atomic E-state index is -3.57. The first kappa shape index (κ1) is 20.3. The molecule has 9 nitrogen and oxygen atoms in total. The normalized spacial score (nSPS) is 23.1. The number of hydrogen-bond acceptors (Lipinski definition) is 7. The van der Waals surface area contributed by atoms with Gasteiger partial charge >= 0.3 is 0 Å². The number of amides is 1. The Morgan fingerprint density at radius 2 is 2.17 bits per heavy atom. The Hall–Kier alpha value is -1.95. The summed E-state index contributed by atoms with van der Waals surface area (Å²) >= 11 is 3.41. The Balaban J connectivity index is 1.56. The van der Waals surface area contributed by atoms with Crippen LogP contribution in [0.4, 0.5) is 5.69 Å². The van der Waals surface area contributed by atoms with Crippen LogP contribution in [0.15, 0.2) is 39.5 Å². The molecule has 4 rings (SSSR count). The molecule has 0 aliphatic carbocycles. The van der Waals surface area contributed by atoms with Crippen molar-refractivity contribution in [1.29, 1.82) is 0 Å². The predicted octanol–water partition coefficient (Wildman–Crippen LogP) is 1.78. The summed E-state index contributed by atoms with van der Waals surface area (Å²) in [5.41, 5.74) is 1.01. The number of aromatic nitrogens is 1. The van der Waals surface area contributed by atoms with E-state index in [9.17, 15) is 13.2 Å². The lowest BCUT2D eigenvalue weighted by Gasteiger charge is -2.46. The molecule has 2 atom stereocenters. The second-order valence-electron chi connectivity index (χ2n) is 6.89. The summed E-state index contributed by atoms with van der Waals surface area (Å²) in [5, 5.41) is 3.68. The molecule has 0 bridgehead atoms. The Bertz CT molecular complexity index is 997. The van der Waals surface area contributed by atoms with E-state index in [1.165, 1.54) is 16.6 Å². The maximum Gasteiger partial charge on any atom is 0.253 e. The number of morpholine rings is 1. The van der Waals surface area contributed by atoms with Gasteiger partial charge in [0.1, 0.15) is 24.4 Å². The van der Waals surface area contributed by atoms with E-state index in [2.05, 4.69) is 21.1 Å². The number of anilines is 1. The van der Waals surface area contributed by atoms with E-state index in [0.717, 1.165) is 4.47 Å². The van der Waals surface area contributed by atoms with Crippen molar-refractivity contribution in [2.45, 2.75) is 24.3 Å². The first-order chi connectivity index (χ1) is 13.9. The summed E-state index contributed by atoms with van der Waals surface area (Å²) in [6, 6.07) is 6.71. The van der Waals surface area contributed by atoms with Gasteiger partial charge in [0.25, 0.3) is 5.91 Å². The Morgan fingerprint density at radius 3 is 2.90 bits per heavy atom. The molecule has 3 heterocycles. The standard InChI is InChI=1S/C18H20BrN3O6S/c1-26-16-8-12(19)2-3-14(16)22-15-4-6-21(9-17(15)27-10-18(22)23)29(24,25)11-13-5-7-28-20-13/h2-3,5,7-8,15,17H,4,6,9-11H2,1H3/t15-,17-/m1/s1. The second kappa shape index (κ2) is 8.05. The van der Waals surface area contributed by atoms with Gasteiger partial charge in [0.05, 0.1) is 30.6 Å². The van der Waals surface area contributed by atoms with Crippen LogP contribution in [-0.4, -0.2) is 62.7 Å². The number of fused-ring (bicyclic) bond motifs is 1. The van der Waals surface area contributed by atoms with Crippen molar-refractivity contribution in [3.8, 4) is 5.75 Å². The van der Waals surface area contributed by atoms with E-state index in [4.69, 9.17) is 14.0 Å². The zero-order valence-corrected chi connectivity index (χ0v) is 18.1. The van der Waals surface area contributed by atoms with Crippen LogP contribution in [0.3, 0.4) is 0 Å². The van der Waals surface area contributed by atoms with Gasteiger partial charge in [-0.2, -0.15) is 4.31 Å². The molecule has 2 aromatic rings. The summed E-state index contributed by atoms with van der Waals surface area (Å²) in [6.07, 6.45) is 1.37. The number of sulfonamides is 1. The van der Waals surface area contributed by atoms with Gasteiger partial charge in [-0.3, -0.25) is 4.79 Å². The number of hydrogen-bond donors (Lipinski definition) is 0. The molecule has 11 heteroatoms. The highest BCUT2D eigenvalue weighted by atomic mass is 79.9. The molecule has 2 aliphatic rings. The third-order valence-electron chi connectivity index (χ3n) is 5.12. The van der Waals surface area contributed by atoms with Gasteiger partial charge in [0.15, 0.2) is 0 Å². The van der Waals surface area contributed by atoms with Crippen molar-refractivity contribution >= 4 is 37.5 Å². The van der Waals surface area contributed by atoms with Crippen LogP contribution in [-0.2, 0) is 25.3 Å². The number of ether oxygens (including phenoxy) is 2. The average molecular weight is 486 g/mol. The van der Waals surface area contributed by atoms with E-state index < -0.39 is 16.1 Å². The predicted molar refractivity (Wildman–Crippen MR) is 107 cm³/mol. The minimum absolute atomic E-state index is 0.114. The third-order valence-corrected chi connectivity index (χ3v) is 7.40. The third kappa shape index (κ3) is 4.04. The van der Waals surface area contributed by atoms with Gasteiger partial charge in [-0.05, 0) is 24.6 Å². The van der Waals surface area contributed by atoms with Crippen LogP contribution in [0.1, 0.15) is 12.1 Å². The van der Waals surface area contributed by atoms with Crippen molar-refractivity contribution < 1.29 is 27.2 Å². The molecule has 1 aromatic carbocycles. The summed E-state index contributed by atoms with van der Waals surface area (Å²) in [5.74, 6) is 0.157. The van der Waals surface area contributed by atoms with Gasteiger partial charge in [0.2, 0.25) is 10.0 Å². The number of carbonyl (C=O) groups is 1. The Morgan fingerprint density at radius 1 is 1.34 bits per heavy atom. The lowest BCUT2D eigenvalue weighted by atomic mass is 9.98. The Labute approximate surface area is 176 Å². The number of rotatable bonds is 5. The van der Waals surface area contributed by atoms with Crippen molar-refractivity contribution in [3.63, 3.8) is 0 Å². The molecule has 2 fully saturated rings. The van der Waals surface area contributed by atoms with Crippen LogP contribution < -0.4 is 9.64 Å². The van der Waals surface area contributed by atoms with Crippen molar-refractivity contribution in [1.82, 2.24) is 9.46 Å². The fourth-order valence-electron chi connectivity index (χ4n) is 3.77. The molecular weight excluding hydrogens is 466 g/mol. The fourth-order valence-corrected chi connectivity index (χ4v) is 5.58. The first-order valence-electron chi connectivity index (χ1n) is 9.03. The van der Waals surface area contributed by atoms with Crippen LogP contribution in [0.25, 0.3) is 0 Å². The molecule has 0 radical (unpaired) electrons. The largest absolute Gasteiger partial charge is 0.495 e. The van der Waals surface area contributed by atoms with Crippen LogP contribution in [0, 0.1) is 0 Å². The van der Waals surface area contributed by atoms with Crippen LogP contribution in [0.5, 0.6) is 5.75 Å². The maximum absolute atomic E-state index is 12.8. The van der Waals surface area contributed by atoms with Gasteiger partial charge in [-0.15, -0.1) is 0 Å². The number of methoxy groups -OCH3 is 1. The Kier molecular flexibility index (Phi) is 5.65. The van der Waals surface area contributed by atoms with Gasteiger partial charge < -0.3 is 18.9 Å². The summed E-state index contributed by atoms with van der Waals surface area (Å²) < 4.78 is 43.7. The average Bonchev–Trinajstić information content (AvgIpc) is 3.20. The number of halogens is 1. The van der Waals surface area contributed by atoms with E-state index in [-0.39, 0.29) is 37.4 Å². The number of carbonyl (C=O) groups excluding carboxylic acids is 1. The molecule has 156 valence electrons. The van der Waals surface area contributed by atoms with E-state index in [1.807, 2.05) is 12.1 Å². The molecule has 2 saturated heterocycles. The fraction of sp³-hybridized carbons (Fsp3) is 0.444. The monoisotopic (exact) mass is 485 g/mol. The number of piperidine rings is 1. The molecule has 0 unspecified atom stereocenters. The highest BCUT2D eigenvalue weighted by Gasteiger charge is 2.44. The summed E-state index contributed by atoms with van der Waals surface area (Å²) in [6.45, 7) is 0.346. The number of nitrogens with zero attached hydrogens (tertiary/aromatic N) is 3. The molecule has 0 saturated carbocycles. The first-order valence-corrected chi connectivity index (χ1v) is 11.4. The smallest absolute Gasteiger partial charge is 0.253 e. The van der Waals surface area contributed by atoms with E-state index >= 15 is 0 Å². The summed E-state index contributed by atoms with van der Waals surface area (Å²) in [4.78, 5) is 14.4. The molecule has 1 aromatic heterocycles. The van der Waals surface area contributed by atoms with Crippen LogP contribution in [0.2, 0.25) is 0 Å². The molecule has 0 N–H and O–H groups in total. The molecule has 1 amide bonds. The van der Waals surface area contributed by atoms with Crippen molar-refractivity contribution in [2.75, 3.05) is 31.7 Å². The quantitative estimate of drug-likeness (QED) is 0.635. The van der Waals surface area contributed by atoms with Crippen molar-refractivity contribution in [3.05, 3.63) is 40.7 Å².